The van der Waals surface area contributed by atoms with Gasteiger partial charge in [0.1, 0.15) is 6.10 Å². The van der Waals surface area contributed by atoms with Crippen LogP contribution in [0, 0.1) is 29.1 Å². The van der Waals surface area contributed by atoms with Gasteiger partial charge in [0.05, 0.1) is 10.7 Å². The van der Waals surface area contributed by atoms with Crippen molar-refractivity contribution in [2.24, 2.45) is 29.1 Å². The largest absolute Gasteiger partial charge is 0.550 e. The van der Waals surface area contributed by atoms with E-state index in [1.807, 2.05) is 0 Å². The van der Waals surface area contributed by atoms with Crippen molar-refractivity contribution in [3.63, 3.8) is 0 Å². The molecule has 4 aliphatic rings. The molecule has 0 N–H and O–H groups in total. The van der Waals surface area contributed by atoms with E-state index in [0.717, 1.165) is 12.8 Å². The highest BCUT2D eigenvalue weighted by Gasteiger charge is 2.80. The Bertz CT molecular complexity index is 416. The van der Waals surface area contributed by atoms with Crippen molar-refractivity contribution < 1.29 is 19.4 Å². The number of hydrogen-bond acceptors (Lipinski definition) is 4. The molecular formula is C11H10BrO4-. The van der Waals surface area contributed by atoms with Gasteiger partial charge >= 0.3 is 5.97 Å². The zero-order valence-electron chi connectivity index (χ0n) is 8.39. The predicted molar refractivity (Wildman–Crippen MR) is 53.2 cm³/mol. The molecule has 0 aromatic rings. The summed E-state index contributed by atoms with van der Waals surface area (Å²) in [4.78, 5) is 23.0. The van der Waals surface area contributed by atoms with Gasteiger partial charge in [-0.3, -0.25) is 4.79 Å². The van der Waals surface area contributed by atoms with Crippen molar-refractivity contribution in [2.75, 3.05) is 0 Å². The van der Waals surface area contributed by atoms with Crippen LogP contribution in [0.4, 0.5) is 0 Å². The minimum atomic E-state index is -1.08. The Morgan fingerprint density at radius 1 is 1.44 bits per heavy atom. The summed E-state index contributed by atoms with van der Waals surface area (Å²) in [6, 6.07) is 0. The van der Waals surface area contributed by atoms with Gasteiger partial charge in [-0.05, 0) is 24.2 Å². The zero-order valence-corrected chi connectivity index (χ0v) is 9.98. The molecule has 6 atom stereocenters. The first-order valence-corrected chi connectivity index (χ1v) is 6.55. The van der Waals surface area contributed by atoms with Crippen LogP contribution < -0.4 is 5.11 Å². The van der Waals surface area contributed by atoms with Crippen molar-refractivity contribution >= 4 is 27.9 Å². The Balaban J connectivity index is 1.89. The summed E-state index contributed by atoms with van der Waals surface area (Å²) >= 11 is 3.53. The molecular weight excluding hydrogens is 276 g/mol. The smallest absolute Gasteiger partial charge is 0.310 e. The lowest BCUT2D eigenvalue weighted by molar-refractivity contribution is -0.314. The minimum absolute atomic E-state index is 0.00519. The van der Waals surface area contributed by atoms with Crippen LogP contribution in [0.25, 0.3) is 0 Å². The third-order valence-corrected chi connectivity index (χ3v) is 6.21. The van der Waals surface area contributed by atoms with Crippen molar-refractivity contribution in [1.29, 1.82) is 0 Å². The number of carboxylic acid groups (broad SMARTS) is 1. The van der Waals surface area contributed by atoms with E-state index in [0.29, 0.717) is 0 Å². The van der Waals surface area contributed by atoms with E-state index < -0.39 is 17.8 Å². The first-order chi connectivity index (χ1) is 7.58. The second-order valence-electron chi connectivity index (χ2n) is 5.50. The fourth-order valence-corrected chi connectivity index (χ4v) is 5.87. The Labute approximate surface area is 100 Å². The number of aliphatic carboxylic acids is 1. The normalized spacial score (nSPS) is 54.4. The molecule has 16 heavy (non-hydrogen) atoms. The average Bonchev–Trinajstić information content (AvgIpc) is 2.80. The van der Waals surface area contributed by atoms with Gasteiger partial charge in [0, 0.05) is 17.8 Å². The molecule has 3 aliphatic carbocycles. The maximum Gasteiger partial charge on any atom is 0.310 e. The van der Waals surface area contributed by atoms with E-state index >= 15 is 0 Å². The molecule has 3 saturated carbocycles. The number of ether oxygens (including phenoxy) is 1. The van der Waals surface area contributed by atoms with Gasteiger partial charge in [-0.25, -0.2) is 0 Å². The highest BCUT2D eigenvalue weighted by atomic mass is 79.9. The summed E-state index contributed by atoms with van der Waals surface area (Å²) in [5.41, 5.74) is 0.0698. The molecule has 4 rings (SSSR count). The highest BCUT2D eigenvalue weighted by Crippen LogP contribution is 2.77. The molecule has 0 aromatic heterocycles. The van der Waals surface area contributed by atoms with Crippen LogP contribution in [-0.4, -0.2) is 22.9 Å². The number of carboxylic acids is 1. The van der Waals surface area contributed by atoms with Gasteiger partial charge in [-0.1, -0.05) is 15.9 Å². The predicted octanol–water partition coefficient (Wildman–Crippen LogP) is -0.303. The lowest BCUT2D eigenvalue weighted by Crippen LogP contribution is -2.44. The molecule has 1 saturated heterocycles. The molecule has 1 aliphatic heterocycles. The van der Waals surface area contributed by atoms with Crippen molar-refractivity contribution in [1.82, 2.24) is 0 Å². The molecule has 0 unspecified atom stereocenters. The quantitative estimate of drug-likeness (QED) is 0.490. The molecule has 1 spiro atoms. The topological polar surface area (TPSA) is 66.4 Å². The molecule has 5 heteroatoms. The Morgan fingerprint density at radius 2 is 2.12 bits per heavy atom. The Morgan fingerprint density at radius 3 is 2.69 bits per heavy atom. The first kappa shape index (κ1) is 9.45. The summed E-state index contributed by atoms with van der Waals surface area (Å²) in [6.07, 6.45) is 1.98. The number of carbonyl (C=O) groups is 2. The molecule has 4 fully saturated rings. The van der Waals surface area contributed by atoms with E-state index in [2.05, 4.69) is 15.9 Å². The van der Waals surface area contributed by atoms with Gasteiger partial charge in [-0.2, -0.15) is 0 Å². The fraction of sp³-hybridized carbons (Fsp3) is 0.818. The number of halogens is 1. The summed E-state index contributed by atoms with van der Waals surface area (Å²) in [5.74, 6) is -2.31. The van der Waals surface area contributed by atoms with E-state index in [4.69, 9.17) is 4.74 Å². The van der Waals surface area contributed by atoms with Gasteiger partial charge in [0.25, 0.3) is 0 Å². The number of alkyl halides is 1. The molecule has 2 bridgehead atoms. The van der Waals surface area contributed by atoms with Gasteiger partial charge < -0.3 is 14.6 Å². The summed E-state index contributed by atoms with van der Waals surface area (Å²) in [6.45, 7) is 0. The third kappa shape index (κ3) is 0.753. The third-order valence-electron chi connectivity index (χ3n) is 5.12. The number of carbonyl (C=O) groups excluding carboxylic acids is 2. The molecule has 0 radical (unpaired) electrons. The Hall–Kier alpha value is -0.580. The summed E-state index contributed by atoms with van der Waals surface area (Å²) in [7, 11) is 0. The molecule has 4 nitrogen and oxygen atoms in total. The summed E-state index contributed by atoms with van der Waals surface area (Å²) < 4.78 is 5.33. The van der Waals surface area contributed by atoms with Crippen LogP contribution in [-0.2, 0) is 14.3 Å². The number of hydrogen-bond donors (Lipinski definition) is 0. The van der Waals surface area contributed by atoms with Crippen LogP contribution in [0.1, 0.15) is 12.8 Å². The van der Waals surface area contributed by atoms with Crippen LogP contribution in [0.15, 0.2) is 0 Å². The highest BCUT2D eigenvalue weighted by molar-refractivity contribution is 9.09. The maximum absolute atomic E-state index is 11.7. The van der Waals surface area contributed by atoms with Crippen molar-refractivity contribution in [3.8, 4) is 0 Å². The standard InChI is InChI=1S/C11H11BrO4/c12-7-5-3(9(13)14)4-6(11(5)1-2-11)8(7)16-10(4)15/h3-8H,1-2H2,(H,13,14)/p-1/t3-,4-,5-,6+,7+,8-/m1/s1. The van der Waals surface area contributed by atoms with Crippen LogP contribution in [0.3, 0.4) is 0 Å². The van der Waals surface area contributed by atoms with E-state index in [-0.39, 0.29) is 34.2 Å². The Kier molecular flexibility index (Phi) is 1.46. The fourth-order valence-electron chi connectivity index (χ4n) is 4.58. The second kappa shape index (κ2) is 2.47. The van der Waals surface area contributed by atoms with Crippen LogP contribution in [0.2, 0.25) is 0 Å². The van der Waals surface area contributed by atoms with Crippen LogP contribution >= 0.6 is 15.9 Å². The van der Waals surface area contributed by atoms with E-state index in [9.17, 15) is 14.7 Å². The first-order valence-electron chi connectivity index (χ1n) is 5.63. The van der Waals surface area contributed by atoms with Crippen molar-refractivity contribution in [3.05, 3.63) is 0 Å². The monoisotopic (exact) mass is 285 g/mol. The molecule has 1 heterocycles. The van der Waals surface area contributed by atoms with E-state index in [1.54, 1.807) is 0 Å². The number of rotatable bonds is 1. The molecule has 0 amide bonds. The lowest BCUT2D eigenvalue weighted by atomic mass is 9.80. The zero-order chi connectivity index (χ0) is 11.2. The molecule has 86 valence electrons. The maximum atomic E-state index is 11.7. The summed E-state index contributed by atoms with van der Waals surface area (Å²) in [5, 5.41) is 11.2. The SMILES string of the molecule is O=C1O[C@H]2[C@@H](Br)[C@H]3[C@H](C(=O)[O-])[C@@H]1[C@@H]2C31CC1. The number of esters is 1. The minimum Gasteiger partial charge on any atom is -0.550 e. The van der Waals surface area contributed by atoms with Crippen molar-refractivity contribution in [2.45, 2.75) is 23.8 Å². The van der Waals surface area contributed by atoms with Gasteiger partial charge in [-0.15, -0.1) is 0 Å². The van der Waals surface area contributed by atoms with E-state index in [1.165, 1.54) is 0 Å². The average molecular weight is 286 g/mol. The van der Waals surface area contributed by atoms with Gasteiger partial charge in [0.15, 0.2) is 0 Å². The second-order valence-corrected chi connectivity index (χ2v) is 6.56. The van der Waals surface area contributed by atoms with Gasteiger partial charge in [0.2, 0.25) is 0 Å². The lowest BCUT2D eigenvalue weighted by Gasteiger charge is -2.29. The van der Waals surface area contributed by atoms with Crippen LogP contribution in [0.5, 0.6) is 0 Å². The molecule has 0 aromatic carbocycles.